The predicted molar refractivity (Wildman–Crippen MR) is 88.4 cm³/mol. The van der Waals surface area contributed by atoms with Gasteiger partial charge in [-0.25, -0.2) is 22.5 Å². The van der Waals surface area contributed by atoms with Crippen LogP contribution in [0, 0.1) is 24.1 Å². The first-order valence-corrected chi connectivity index (χ1v) is 9.16. The zero-order chi connectivity index (χ0) is 18.2. The minimum atomic E-state index is -3.68. The van der Waals surface area contributed by atoms with E-state index in [4.69, 9.17) is 5.26 Å². The highest BCUT2D eigenvalue weighted by atomic mass is 32.2. The average Bonchev–Trinajstić information content (AvgIpc) is 2.54. The smallest absolute Gasteiger partial charge is 0.240 e. The molecule has 2 aromatic rings. The topological polar surface area (TPSA) is 103 Å². The number of hydrogen-bond acceptors (Lipinski definition) is 5. The number of aliphatic hydroxyl groups is 1. The van der Waals surface area contributed by atoms with Crippen molar-refractivity contribution in [2.24, 2.45) is 0 Å². The maximum absolute atomic E-state index is 13.4. The molecule has 1 saturated carbocycles. The van der Waals surface area contributed by atoms with Crippen LogP contribution in [0.2, 0.25) is 0 Å². The van der Waals surface area contributed by atoms with Crippen LogP contribution in [0.15, 0.2) is 35.2 Å². The Morgan fingerprint density at radius 1 is 1.32 bits per heavy atom. The second-order valence-corrected chi connectivity index (χ2v) is 7.77. The summed E-state index contributed by atoms with van der Waals surface area (Å²) in [5.41, 5.74) is 1.35. The van der Waals surface area contributed by atoms with Gasteiger partial charge in [-0.2, -0.15) is 5.26 Å². The van der Waals surface area contributed by atoms with Crippen molar-refractivity contribution in [2.45, 2.75) is 36.8 Å². The number of nitriles is 1. The molecule has 1 aromatic carbocycles. The molecule has 2 N–H and O–H groups in total. The van der Waals surface area contributed by atoms with Crippen molar-refractivity contribution in [3.63, 3.8) is 0 Å². The van der Waals surface area contributed by atoms with Crippen LogP contribution in [0.5, 0.6) is 0 Å². The largest absolute Gasteiger partial charge is 0.393 e. The fourth-order valence-corrected chi connectivity index (χ4v) is 4.08. The zero-order valence-corrected chi connectivity index (χ0v) is 14.2. The minimum Gasteiger partial charge on any atom is -0.393 e. The molecule has 0 spiro atoms. The quantitative estimate of drug-likeness (QED) is 0.865. The molecule has 1 aliphatic rings. The molecule has 0 atom stereocenters. The van der Waals surface area contributed by atoms with Crippen LogP contribution in [0.4, 0.5) is 4.39 Å². The summed E-state index contributed by atoms with van der Waals surface area (Å²) in [5, 5.41) is 18.1. The summed E-state index contributed by atoms with van der Waals surface area (Å²) in [4.78, 5) is 4.07. The van der Waals surface area contributed by atoms with E-state index in [1.54, 1.807) is 19.1 Å². The van der Waals surface area contributed by atoms with Gasteiger partial charge in [-0.1, -0.05) is 6.07 Å². The lowest BCUT2D eigenvalue weighted by Crippen LogP contribution is -2.46. The first-order chi connectivity index (χ1) is 11.8. The highest BCUT2D eigenvalue weighted by molar-refractivity contribution is 7.89. The molecule has 0 radical (unpaired) electrons. The first-order valence-electron chi connectivity index (χ1n) is 7.68. The number of rotatable bonds is 4. The van der Waals surface area contributed by atoms with E-state index in [1.807, 2.05) is 0 Å². The minimum absolute atomic E-state index is 0.109. The summed E-state index contributed by atoms with van der Waals surface area (Å²) in [5.74, 6) is -0.699. The van der Waals surface area contributed by atoms with Gasteiger partial charge in [0, 0.05) is 11.6 Å². The number of aryl methyl sites for hydroxylation is 1. The Balaban J connectivity index is 1.90. The predicted octanol–water partition coefficient (Wildman–Crippen LogP) is 1.87. The number of nitrogens with one attached hydrogen (secondary N) is 1. The van der Waals surface area contributed by atoms with Gasteiger partial charge >= 0.3 is 0 Å². The summed E-state index contributed by atoms with van der Waals surface area (Å²) in [6, 6.07) is 8.57. The molecule has 0 aliphatic heterocycles. The number of benzene rings is 1. The Kier molecular flexibility index (Phi) is 4.56. The number of hydrogen-bond donors (Lipinski definition) is 2. The van der Waals surface area contributed by atoms with Crippen molar-refractivity contribution >= 4 is 10.0 Å². The first kappa shape index (κ1) is 17.5. The number of sulfonamides is 1. The van der Waals surface area contributed by atoms with Gasteiger partial charge in [0.25, 0.3) is 0 Å². The molecule has 0 unspecified atom stereocenters. The van der Waals surface area contributed by atoms with E-state index in [-0.39, 0.29) is 16.6 Å². The summed E-state index contributed by atoms with van der Waals surface area (Å²) < 4.78 is 40.7. The van der Waals surface area contributed by atoms with Crippen LogP contribution in [0.3, 0.4) is 0 Å². The van der Waals surface area contributed by atoms with E-state index in [1.165, 1.54) is 18.2 Å². The molecule has 0 amide bonds. The maximum atomic E-state index is 13.4. The van der Waals surface area contributed by atoms with E-state index in [0.717, 1.165) is 6.07 Å². The molecular weight excluding hydrogens is 345 g/mol. The van der Waals surface area contributed by atoms with Crippen LogP contribution >= 0.6 is 0 Å². The highest BCUT2D eigenvalue weighted by Crippen LogP contribution is 2.27. The summed E-state index contributed by atoms with van der Waals surface area (Å²) in [7, 11) is -3.68. The van der Waals surface area contributed by atoms with Crippen LogP contribution in [0.25, 0.3) is 11.3 Å². The highest BCUT2D eigenvalue weighted by Gasteiger charge is 2.31. The van der Waals surface area contributed by atoms with Gasteiger partial charge < -0.3 is 5.11 Å². The van der Waals surface area contributed by atoms with E-state index in [2.05, 4.69) is 9.71 Å². The fraction of sp³-hybridized carbons (Fsp3) is 0.294. The maximum Gasteiger partial charge on any atom is 0.240 e. The van der Waals surface area contributed by atoms with Gasteiger partial charge in [0.1, 0.15) is 6.07 Å². The molecule has 25 heavy (non-hydrogen) atoms. The molecule has 130 valence electrons. The van der Waals surface area contributed by atoms with Crippen molar-refractivity contribution in [2.75, 3.05) is 0 Å². The van der Waals surface area contributed by atoms with Crippen LogP contribution in [0.1, 0.15) is 24.1 Å². The number of pyridine rings is 1. The number of nitrogens with zero attached hydrogens (tertiary/aromatic N) is 2. The molecule has 0 saturated heterocycles. The Morgan fingerprint density at radius 2 is 2.04 bits per heavy atom. The lowest BCUT2D eigenvalue weighted by atomic mass is 9.91. The number of aliphatic hydroxyl groups excluding tert-OH is 1. The monoisotopic (exact) mass is 361 g/mol. The zero-order valence-electron chi connectivity index (χ0n) is 13.4. The van der Waals surface area contributed by atoms with Gasteiger partial charge in [0.05, 0.1) is 16.7 Å². The molecule has 1 heterocycles. The molecule has 1 aromatic heterocycles. The van der Waals surface area contributed by atoms with Crippen molar-refractivity contribution < 1.29 is 17.9 Å². The molecule has 8 heteroatoms. The van der Waals surface area contributed by atoms with Gasteiger partial charge in [-0.15, -0.1) is 0 Å². The van der Waals surface area contributed by atoms with E-state index in [0.29, 0.717) is 29.7 Å². The molecule has 3 rings (SSSR count). The molecule has 1 fully saturated rings. The summed E-state index contributed by atoms with van der Waals surface area (Å²) in [6.07, 6.45) is 0.370. The van der Waals surface area contributed by atoms with Crippen LogP contribution < -0.4 is 4.72 Å². The van der Waals surface area contributed by atoms with Crippen molar-refractivity contribution in [1.29, 1.82) is 5.26 Å². The molecule has 1 aliphatic carbocycles. The Labute approximate surface area is 145 Å². The van der Waals surface area contributed by atoms with E-state index < -0.39 is 21.9 Å². The Bertz CT molecular complexity index is 964. The third kappa shape index (κ3) is 3.54. The molecular formula is C17H16FN3O3S. The van der Waals surface area contributed by atoms with Crippen molar-refractivity contribution in [3.8, 4) is 17.3 Å². The van der Waals surface area contributed by atoms with E-state index in [9.17, 15) is 17.9 Å². The second kappa shape index (κ2) is 6.52. The molecule has 6 nitrogen and oxygen atoms in total. The standard InChI is InChI=1S/C17H16FN3O3S/c1-10-6-13(25(23,24)21-11-7-12(22)8-11)2-3-14(10)16-5-4-15(18)17(9-19)20-16/h2-6,11-12,21-22H,7-8H2,1H3/t11-,12+. The lowest BCUT2D eigenvalue weighted by molar-refractivity contribution is 0.0712. The Morgan fingerprint density at radius 3 is 2.64 bits per heavy atom. The van der Waals surface area contributed by atoms with Crippen LogP contribution in [-0.4, -0.2) is 30.7 Å². The SMILES string of the molecule is Cc1cc(S(=O)(=O)N[C@H]2C[C@@H](O)C2)ccc1-c1ccc(F)c(C#N)n1. The van der Waals surface area contributed by atoms with Gasteiger partial charge in [0.15, 0.2) is 11.5 Å². The van der Waals surface area contributed by atoms with Gasteiger partial charge in [0.2, 0.25) is 10.0 Å². The molecule has 0 bridgehead atoms. The van der Waals surface area contributed by atoms with Crippen LogP contribution in [-0.2, 0) is 10.0 Å². The summed E-state index contributed by atoms with van der Waals surface area (Å²) >= 11 is 0. The third-order valence-corrected chi connectivity index (χ3v) is 5.69. The van der Waals surface area contributed by atoms with Crippen molar-refractivity contribution in [1.82, 2.24) is 9.71 Å². The number of aromatic nitrogens is 1. The second-order valence-electron chi connectivity index (χ2n) is 6.06. The fourth-order valence-electron chi connectivity index (χ4n) is 2.73. The lowest BCUT2D eigenvalue weighted by Gasteiger charge is -2.31. The van der Waals surface area contributed by atoms with Gasteiger partial charge in [-0.3, -0.25) is 0 Å². The van der Waals surface area contributed by atoms with Gasteiger partial charge in [-0.05, 0) is 49.6 Å². The summed E-state index contributed by atoms with van der Waals surface area (Å²) in [6.45, 7) is 1.72. The Hall–Kier alpha value is -2.34. The van der Waals surface area contributed by atoms with Crippen molar-refractivity contribution in [3.05, 3.63) is 47.4 Å². The number of halogens is 1. The van der Waals surface area contributed by atoms with E-state index >= 15 is 0 Å². The third-order valence-electron chi connectivity index (χ3n) is 4.17. The average molecular weight is 361 g/mol. The normalized spacial score (nSPS) is 19.9.